The maximum Gasteiger partial charge on any atom is 0.264 e. The lowest BCUT2D eigenvalue weighted by molar-refractivity contribution is -0.115. The van der Waals surface area contributed by atoms with Crippen molar-refractivity contribution in [2.45, 2.75) is 13.8 Å². The van der Waals surface area contributed by atoms with Crippen LogP contribution in [0.1, 0.15) is 16.7 Å². The molecule has 1 saturated heterocycles. The van der Waals surface area contributed by atoms with E-state index in [2.05, 4.69) is 15.3 Å². The molecule has 0 aliphatic carbocycles. The van der Waals surface area contributed by atoms with E-state index in [0.29, 0.717) is 10.1 Å². The molecule has 22 heavy (non-hydrogen) atoms. The van der Waals surface area contributed by atoms with Crippen LogP contribution < -0.4 is 5.32 Å². The van der Waals surface area contributed by atoms with Crippen LogP contribution in [-0.4, -0.2) is 16.1 Å². The molecule has 1 aliphatic heterocycles. The minimum Gasteiger partial charge on any atom is -0.300 e. The molecule has 2 aromatic rings. The second-order valence-electron chi connectivity index (χ2n) is 5.06. The van der Waals surface area contributed by atoms with Gasteiger partial charge in [-0.05, 0) is 60.5 Å². The van der Waals surface area contributed by atoms with Gasteiger partial charge in [0.15, 0.2) is 5.17 Å². The Morgan fingerprint density at radius 2 is 2.14 bits per heavy atom. The minimum atomic E-state index is -0.127. The fourth-order valence-corrected chi connectivity index (χ4v) is 2.88. The molecule has 1 aromatic carbocycles. The average Bonchev–Trinajstić information content (AvgIpc) is 2.84. The highest BCUT2D eigenvalue weighted by Crippen LogP contribution is 2.29. The number of nitrogens with zero attached hydrogens (tertiary/aromatic N) is 2. The van der Waals surface area contributed by atoms with Crippen LogP contribution in [0.25, 0.3) is 6.08 Å². The summed E-state index contributed by atoms with van der Waals surface area (Å²) in [6.45, 7) is 4.03. The number of hydrogen-bond donors (Lipinski definition) is 1. The minimum absolute atomic E-state index is 0.127. The Labute approximate surface area is 133 Å². The van der Waals surface area contributed by atoms with Crippen molar-refractivity contribution in [3.63, 3.8) is 0 Å². The maximum absolute atomic E-state index is 12.0. The van der Waals surface area contributed by atoms with Gasteiger partial charge in [-0.25, -0.2) is 4.99 Å². The van der Waals surface area contributed by atoms with E-state index in [-0.39, 0.29) is 5.91 Å². The van der Waals surface area contributed by atoms with E-state index in [1.807, 2.05) is 50.3 Å². The third kappa shape index (κ3) is 3.26. The molecular weight excluding hydrogens is 294 g/mol. The summed E-state index contributed by atoms with van der Waals surface area (Å²) in [6, 6.07) is 9.84. The number of carbonyl (C=O) groups is 1. The summed E-state index contributed by atoms with van der Waals surface area (Å²) in [5.74, 6) is -0.127. The van der Waals surface area contributed by atoms with E-state index in [4.69, 9.17) is 0 Å². The van der Waals surface area contributed by atoms with Crippen molar-refractivity contribution in [1.82, 2.24) is 10.3 Å². The number of nitrogens with one attached hydrogen (secondary N) is 1. The Kier molecular flexibility index (Phi) is 4.06. The third-order valence-corrected chi connectivity index (χ3v) is 4.13. The van der Waals surface area contributed by atoms with Crippen LogP contribution in [0.2, 0.25) is 0 Å². The monoisotopic (exact) mass is 309 g/mol. The molecule has 0 radical (unpaired) electrons. The first-order valence-electron chi connectivity index (χ1n) is 6.89. The number of amidine groups is 1. The highest BCUT2D eigenvalue weighted by molar-refractivity contribution is 8.18. The van der Waals surface area contributed by atoms with Crippen molar-refractivity contribution in [2.75, 3.05) is 0 Å². The molecule has 0 atom stereocenters. The van der Waals surface area contributed by atoms with Gasteiger partial charge in [0.1, 0.15) is 0 Å². The smallest absolute Gasteiger partial charge is 0.264 e. The lowest BCUT2D eigenvalue weighted by atomic mass is 10.1. The molecular formula is C17H15N3OS. The van der Waals surface area contributed by atoms with E-state index in [0.717, 1.165) is 22.4 Å². The molecule has 2 heterocycles. The highest BCUT2D eigenvalue weighted by Gasteiger charge is 2.23. The molecule has 4 nitrogen and oxygen atoms in total. The molecule has 1 amide bonds. The van der Waals surface area contributed by atoms with Crippen LogP contribution in [0.4, 0.5) is 5.69 Å². The first-order chi connectivity index (χ1) is 10.6. The zero-order chi connectivity index (χ0) is 15.5. The Morgan fingerprint density at radius 3 is 2.91 bits per heavy atom. The molecule has 110 valence electrons. The Balaban J connectivity index is 1.87. The van der Waals surface area contributed by atoms with Crippen LogP contribution in [0.15, 0.2) is 52.6 Å². The number of carbonyl (C=O) groups excluding carboxylic acids is 1. The standard InChI is InChI=1S/C17H15N3OS/c1-11-5-6-12(2)14(8-11)19-17-20-16(21)15(22-17)9-13-4-3-7-18-10-13/h3-10H,1-2H3,(H,19,20,21). The van der Waals surface area contributed by atoms with Crippen LogP contribution in [-0.2, 0) is 4.79 Å². The Bertz CT molecular complexity index is 782. The lowest BCUT2D eigenvalue weighted by Crippen LogP contribution is -2.19. The second kappa shape index (κ2) is 6.15. The largest absolute Gasteiger partial charge is 0.300 e. The summed E-state index contributed by atoms with van der Waals surface area (Å²) >= 11 is 1.35. The Hall–Kier alpha value is -2.40. The SMILES string of the molecule is Cc1ccc(C)c(N=C2NC(=O)C(=Cc3cccnc3)S2)c1. The van der Waals surface area contributed by atoms with E-state index in [1.54, 1.807) is 12.4 Å². The van der Waals surface area contributed by atoms with E-state index in [9.17, 15) is 4.79 Å². The van der Waals surface area contributed by atoms with Gasteiger partial charge in [-0.1, -0.05) is 18.2 Å². The summed E-state index contributed by atoms with van der Waals surface area (Å²) in [5, 5.41) is 3.41. The van der Waals surface area contributed by atoms with Gasteiger partial charge in [-0.15, -0.1) is 0 Å². The summed E-state index contributed by atoms with van der Waals surface area (Å²) < 4.78 is 0. The second-order valence-corrected chi connectivity index (χ2v) is 6.09. The fraction of sp³-hybridized carbons (Fsp3) is 0.118. The van der Waals surface area contributed by atoms with Crippen LogP contribution in [0, 0.1) is 13.8 Å². The third-order valence-electron chi connectivity index (χ3n) is 3.22. The number of aryl methyl sites for hydroxylation is 2. The van der Waals surface area contributed by atoms with Crippen molar-refractivity contribution in [2.24, 2.45) is 4.99 Å². The molecule has 1 N–H and O–H groups in total. The van der Waals surface area contributed by atoms with Crippen molar-refractivity contribution < 1.29 is 4.79 Å². The van der Waals surface area contributed by atoms with Crippen molar-refractivity contribution in [1.29, 1.82) is 0 Å². The maximum atomic E-state index is 12.0. The van der Waals surface area contributed by atoms with Gasteiger partial charge in [0, 0.05) is 12.4 Å². The molecule has 0 unspecified atom stereocenters. The first kappa shape index (κ1) is 14.5. The summed E-state index contributed by atoms with van der Waals surface area (Å²) in [6.07, 6.45) is 5.25. The van der Waals surface area contributed by atoms with Gasteiger partial charge in [0.2, 0.25) is 0 Å². The topological polar surface area (TPSA) is 54.4 Å². The van der Waals surface area contributed by atoms with Gasteiger partial charge in [-0.3, -0.25) is 9.78 Å². The molecule has 5 heteroatoms. The zero-order valence-electron chi connectivity index (χ0n) is 12.3. The van der Waals surface area contributed by atoms with E-state index >= 15 is 0 Å². The van der Waals surface area contributed by atoms with E-state index < -0.39 is 0 Å². The summed E-state index contributed by atoms with van der Waals surface area (Å²) in [5.41, 5.74) is 4.00. The number of rotatable bonds is 2. The summed E-state index contributed by atoms with van der Waals surface area (Å²) in [7, 11) is 0. The van der Waals surface area contributed by atoms with Gasteiger partial charge in [0.25, 0.3) is 5.91 Å². The van der Waals surface area contributed by atoms with Gasteiger partial charge in [-0.2, -0.15) is 0 Å². The lowest BCUT2D eigenvalue weighted by Gasteiger charge is -2.02. The summed E-state index contributed by atoms with van der Waals surface area (Å²) in [4.78, 5) is 21.2. The highest BCUT2D eigenvalue weighted by atomic mass is 32.2. The molecule has 0 saturated carbocycles. The molecule has 1 aliphatic rings. The molecule has 3 rings (SSSR count). The van der Waals surface area contributed by atoms with Crippen molar-refractivity contribution >= 4 is 34.6 Å². The van der Waals surface area contributed by atoms with Gasteiger partial charge >= 0.3 is 0 Å². The number of pyridine rings is 1. The average molecular weight is 309 g/mol. The quantitative estimate of drug-likeness (QED) is 0.863. The van der Waals surface area contributed by atoms with Crippen LogP contribution in [0.5, 0.6) is 0 Å². The first-order valence-corrected chi connectivity index (χ1v) is 7.70. The van der Waals surface area contributed by atoms with Gasteiger partial charge in [0.05, 0.1) is 10.6 Å². The number of thioether (sulfide) groups is 1. The van der Waals surface area contributed by atoms with Gasteiger partial charge < -0.3 is 5.32 Å². The Morgan fingerprint density at radius 1 is 1.27 bits per heavy atom. The van der Waals surface area contributed by atoms with Crippen LogP contribution in [0.3, 0.4) is 0 Å². The number of benzene rings is 1. The predicted octanol–water partition coefficient (Wildman–Crippen LogP) is 3.59. The fourth-order valence-electron chi connectivity index (χ4n) is 2.04. The molecule has 0 bridgehead atoms. The number of aromatic nitrogens is 1. The normalized spacial score (nSPS) is 18.0. The number of hydrogen-bond acceptors (Lipinski definition) is 4. The molecule has 1 fully saturated rings. The molecule has 1 aromatic heterocycles. The number of amides is 1. The predicted molar refractivity (Wildman–Crippen MR) is 91.0 cm³/mol. The van der Waals surface area contributed by atoms with Crippen molar-refractivity contribution in [3.05, 3.63) is 64.3 Å². The zero-order valence-corrected chi connectivity index (χ0v) is 13.1. The number of aliphatic imine (C=N–C) groups is 1. The van der Waals surface area contributed by atoms with Crippen LogP contribution >= 0.6 is 11.8 Å². The van der Waals surface area contributed by atoms with Crippen molar-refractivity contribution in [3.8, 4) is 0 Å². The molecule has 0 spiro atoms. The van der Waals surface area contributed by atoms with E-state index in [1.165, 1.54) is 11.8 Å².